The number of morpholine rings is 1. The molecule has 1 heterocycles. The van der Waals surface area contributed by atoms with Gasteiger partial charge in [0.05, 0.1) is 19.3 Å². The highest BCUT2D eigenvalue weighted by Gasteiger charge is 2.25. The van der Waals surface area contributed by atoms with Crippen LogP contribution in [0, 0.1) is 6.92 Å². The first-order valence-corrected chi connectivity index (χ1v) is 8.15. The average Bonchev–Trinajstić information content (AvgIpc) is 3.34. The maximum absolute atomic E-state index is 11.9. The highest BCUT2D eigenvalue weighted by Crippen LogP contribution is 2.22. The van der Waals surface area contributed by atoms with Gasteiger partial charge in [0.1, 0.15) is 0 Å². The summed E-state index contributed by atoms with van der Waals surface area (Å²) in [6.07, 6.45) is 2.22. The third-order valence-corrected chi connectivity index (χ3v) is 4.32. The number of nitrogens with one attached hydrogen (secondary N) is 2. The van der Waals surface area contributed by atoms with Crippen LogP contribution in [0.3, 0.4) is 0 Å². The highest BCUT2D eigenvalue weighted by molar-refractivity contribution is 5.74. The molecule has 2 fully saturated rings. The van der Waals surface area contributed by atoms with Crippen molar-refractivity contribution in [1.29, 1.82) is 0 Å². The van der Waals surface area contributed by atoms with Crippen LogP contribution in [0.25, 0.3) is 0 Å². The number of rotatable bonds is 5. The Hall–Kier alpha value is -1.59. The van der Waals surface area contributed by atoms with E-state index in [4.69, 9.17) is 4.74 Å². The third-order valence-electron chi connectivity index (χ3n) is 4.32. The number of urea groups is 1. The summed E-state index contributed by atoms with van der Waals surface area (Å²) < 4.78 is 5.45. The van der Waals surface area contributed by atoms with Gasteiger partial charge in [-0.05, 0) is 25.3 Å². The summed E-state index contributed by atoms with van der Waals surface area (Å²) in [6, 6.07) is 9.13. The molecule has 0 bridgehead atoms. The largest absolute Gasteiger partial charge is 0.379 e. The Morgan fingerprint density at radius 1 is 1.27 bits per heavy atom. The number of hydrogen-bond acceptors (Lipinski definition) is 3. The van der Waals surface area contributed by atoms with E-state index in [1.807, 2.05) is 0 Å². The number of aryl methyl sites for hydroxylation is 1. The van der Waals surface area contributed by atoms with Crippen LogP contribution in [0.1, 0.15) is 30.0 Å². The number of nitrogens with zero attached hydrogens (tertiary/aromatic N) is 1. The van der Waals surface area contributed by atoms with Crippen LogP contribution in [-0.2, 0) is 4.74 Å². The van der Waals surface area contributed by atoms with Gasteiger partial charge >= 0.3 is 6.03 Å². The second-order valence-corrected chi connectivity index (χ2v) is 6.20. The summed E-state index contributed by atoms with van der Waals surface area (Å²) >= 11 is 0. The predicted molar refractivity (Wildman–Crippen MR) is 85.9 cm³/mol. The van der Waals surface area contributed by atoms with Gasteiger partial charge in [-0.3, -0.25) is 4.90 Å². The van der Waals surface area contributed by atoms with Crippen LogP contribution in [0.4, 0.5) is 4.79 Å². The molecule has 1 aliphatic carbocycles. The molecule has 0 radical (unpaired) electrons. The lowest BCUT2D eigenvalue weighted by molar-refractivity contribution is 0.0167. The van der Waals surface area contributed by atoms with Gasteiger partial charge in [-0.15, -0.1) is 0 Å². The van der Waals surface area contributed by atoms with E-state index in [0.717, 1.165) is 39.1 Å². The minimum absolute atomic E-state index is 0.0483. The molecule has 1 aromatic rings. The Morgan fingerprint density at radius 3 is 2.59 bits per heavy atom. The van der Waals surface area contributed by atoms with E-state index in [1.165, 1.54) is 11.1 Å². The van der Waals surface area contributed by atoms with Gasteiger partial charge in [-0.1, -0.05) is 29.8 Å². The molecule has 3 rings (SSSR count). The number of hydrogen-bond donors (Lipinski definition) is 2. The predicted octanol–water partition coefficient (Wildman–Crippen LogP) is 1.83. The first kappa shape index (κ1) is 15.3. The first-order valence-electron chi connectivity index (χ1n) is 8.15. The summed E-state index contributed by atoms with van der Waals surface area (Å²) in [5.74, 6) is 0. The SMILES string of the molecule is Cc1ccc([C@@H](CNC(=O)NC2CC2)N2CCOCC2)cc1. The molecule has 0 unspecified atom stereocenters. The summed E-state index contributed by atoms with van der Waals surface area (Å²) in [7, 11) is 0. The van der Waals surface area contributed by atoms with Crippen molar-refractivity contribution in [2.45, 2.75) is 31.8 Å². The molecule has 5 heteroatoms. The van der Waals surface area contributed by atoms with Gasteiger partial charge in [-0.25, -0.2) is 4.79 Å². The fraction of sp³-hybridized carbons (Fsp3) is 0.588. The molecule has 0 aromatic heterocycles. The molecule has 0 spiro atoms. The third kappa shape index (κ3) is 4.21. The van der Waals surface area contributed by atoms with Crippen LogP contribution in [-0.4, -0.2) is 49.8 Å². The van der Waals surface area contributed by atoms with Gasteiger partial charge in [-0.2, -0.15) is 0 Å². The molecular weight excluding hydrogens is 278 g/mol. The Morgan fingerprint density at radius 2 is 1.95 bits per heavy atom. The van der Waals surface area contributed by atoms with Crippen molar-refractivity contribution in [2.75, 3.05) is 32.8 Å². The van der Waals surface area contributed by atoms with E-state index < -0.39 is 0 Å². The molecule has 1 saturated heterocycles. The molecule has 2 aliphatic rings. The maximum Gasteiger partial charge on any atom is 0.315 e. The molecule has 2 amide bonds. The smallest absolute Gasteiger partial charge is 0.315 e. The second kappa shape index (κ2) is 7.11. The summed E-state index contributed by atoms with van der Waals surface area (Å²) in [6.45, 7) is 6.05. The number of amides is 2. The van der Waals surface area contributed by atoms with Crippen molar-refractivity contribution in [2.24, 2.45) is 0 Å². The topological polar surface area (TPSA) is 53.6 Å². The number of benzene rings is 1. The zero-order chi connectivity index (χ0) is 15.4. The molecular formula is C17H25N3O2. The monoisotopic (exact) mass is 303 g/mol. The van der Waals surface area contributed by atoms with Crippen molar-refractivity contribution >= 4 is 6.03 Å². The Bertz CT molecular complexity index is 493. The molecule has 2 N–H and O–H groups in total. The molecule has 22 heavy (non-hydrogen) atoms. The minimum atomic E-state index is -0.0483. The molecule has 1 aliphatic heterocycles. The van der Waals surface area contributed by atoms with E-state index in [1.54, 1.807) is 0 Å². The van der Waals surface area contributed by atoms with Crippen LogP contribution in [0.15, 0.2) is 24.3 Å². The normalized spacial score (nSPS) is 20.4. The lowest BCUT2D eigenvalue weighted by atomic mass is 10.0. The summed E-state index contributed by atoms with van der Waals surface area (Å²) in [5, 5.41) is 6.01. The van der Waals surface area contributed by atoms with Gasteiger partial charge in [0.15, 0.2) is 0 Å². The van der Waals surface area contributed by atoms with Gasteiger partial charge in [0, 0.05) is 25.7 Å². The van der Waals surface area contributed by atoms with E-state index in [9.17, 15) is 4.79 Å². The summed E-state index contributed by atoms with van der Waals surface area (Å²) in [5.41, 5.74) is 2.50. The van der Waals surface area contributed by atoms with Crippen molar-refractivity contribution in [1.82, 2.24) is 15.5 Å². The van der Waals surface area contributed by atoms with Crippen LogP contribution < -0.4 is 10.6 Å². The lowest BCUT2D eigenvalue weighted by Crippen LogP contribution is -2.46. The fourth-order valence-corrected chi connectivity index (χ4v) is 2.79. The second-order valence-electron chi connectivity index (χ2n) is 6.20. The van der Waals surface area contributed by atoms with E-state index in [-0.39, 0.29) is 12.1 Å². The van der Waals surface area contributed by atoms with Crippen molar-refractivity contribution in [3.63, 3.8) is 0 Å². The Kier molecular flexibility index (Phi) is 4.95. The standard InChI is InChI=1S/C17H25N3O2/c1-13-2-4-14(5-3-13)16(20-8-10-22-11-9-20)12-18-17(21)19-15-6-7-15/h2-5,15-16H,6-12H2,1H3,(H2,18,19,21)/t16-/m1/s1. The highest BCUT2D eigenvalue weighted by atomic mass is 16.5. The van der Waals surface area contributed by atoms with Crippen LogP contribution >= 0.6 is 0 Å². The van der Waals surface area contributed by atoms with Crippen molar-refractivity contribution < 1.29 is 9.53 Å². The van der Waals surface area contributed by atoms with Crippen LogP contribution in [0.2, 0.25) is 0 Å². The molecule has 5 nitrogen and oxygen atoms in total. The molecule has 1 aromatic carbocycles. The molecule has 1 atom stereocenters. The van der Waals surface area contributed by atoms with Gasteiger partial charge in [0.2, 0.25) is 0 Å². The first-order chi connectivity index (χ1) is 10.7. The Balaban J connectivity index is 1.64. The zero-order valence-electron chi connectivity index (χ0n) is 13.2. The van der Waals surface area contributed by atoms with Gasteiger partial charge in [0.25, 0.3) is 0 Å². The maximum atomic E-state index is 11.9. The number of ether oxygens (including phenoxy) is 1. The number of carbonyl (C=O) groups excluding carboxylic acids is 1. The minimum Gasteiger partial charge on any atom is -0.379 e. The quantitative estimate of drug-likeness (QED) is 0.872. The van der Waals surface area contributed by atoms with Crippen LogP contribution in [0.5, 0.6) is 0 Å². The fourth-order valence-electron chi connectivity index (χ4n) is 2.79. The van der Waals surface area contributed by atoms with E-state index in [0.29, 0.717) is 12.6 Å². The van der Waals surface area contributed by atoms with E-state index >= 15 is 0 Å². The zero-order valence-corrected chi connectivity index (χ0v) is 13.2. The van der Waals surface area contributed by atoms with Crippen molar-refractivity contribution in [3.05, 3.63) is 35.4 Å². The van der Waals surface area contributed by atoms with Gasteiger partial charge < -0.3 is 15.4 Å². The van der Waals surface area contributed by atoms with E-state index in [2.05, 4.69) is 46.7 Å². The lowest BCUT2D eigenvalue weighted by Gasteiger charge is -2.35. The molecule has 1 saturated carbocycles. The number of carbonyl (C=O) groups is 1. The average molecular weight is 303 g/mol. The summed E-state index contributed by atoms with van der Waals surface area (Å²) in [4.78, 5) is 14.3. The van der Waals surface area contributed by atoms with Crippen molar-refractivity contribution in [3.8, 4) is 0 Å². The Labute approximate surface area is 132 Å². The molecule has 120 valence electrons.